The van der Waals surface area contributed by atoms with Crippen molar-refractivity contribution in [3.05, 3.63) is 35.3 Å². The van der Waals surface area contributed by atoms with Crippen LogP contribution in [0.1, 0.15) is 25.6 Å². The van der Waals surface area contributed by atoms with E-state index in [1.54, 1.807) is 6.07 Å². The number of nitrogen functional groups attached to an aromatic ring is 2. The minimum atomic E-state index is -4.89. The van der Waals surface area contributed by atoms with Gasteiger partial charge in [0.15, 0.2) is 17.4 Å². The first-order valence-corrected chi connectivity index (χ1v) is 17.6. The molecule has 0 radical (unpaired) electrons. The van der Waals surface area contributed by atoms with Gasteiger partial charge in [-0.05, 0) is 18.4 Å². The molecule has 22 heteroatoms. The zero-order chi connectivity index (χ0) is 33.0. The molecule has 6 heterocycles. The topological polar surface area (TPSA) is 276 Å². The fourth-order valence-corrected chi connectivity index (χ4v) is 9.74. The number of phosphoric acid groups is 2. The van der Waals surface area contributed by atoms with Crippen molar-refractivity contribution in [3.63, 3.8) is 0 Å². The lowest BCUT2D eigenvalue weighted by atomic mass is 9.94. The maximum Gasteiger partial charge on any atom is 0.472 e. The highest BCUT2D eigenvalue weighted by atomic mass is 31.2. The third-order valence-corrected chi connectivity index (χ3v) is 11.7. The Morgan fingerprint density at radius 1 is 1.11 bits per heavy atom. The van der Waals surface area contributed by atoms with Crippen molar-refractivity contribution in [1.82, 2.24) is 34.1 Å². The van der Waals surface area contributed by atoms with Crippen LogP contribution in [0.3, 0.4) is 0 Å². The molecule has 4 fully saturated rings. The Kier molecular flexibility index (Phi) is 7.00. The molecule has 0 aromatic carbocycles. The predicted molar refractivity (Wildman–Crippen MR) is 159 cm³/mol. The molecule has 7 N–H and O–H groups in total. The molecule has 8 rings (SSSR count). The van der Waals surface area contributed by atoms with E-state index in [-0.39, 0.29) is 35.7 Å². The molecule has 4 aliphatic rings. The van der Waals surface area contributed by atoms with E-state index >= 15 is 0 Å². The summed E-state index contributed by atoms with van der Waals surface area (Å²) in [6, 6.07) is 1.48. The summed E-state index contributed by atoms with van der Waals surface area (Å²) in [4.78, 5) is 53.5. The Hall–Kier alpha value is -3.29. The third-order valence-electron chi connectivity index (χ3n) is 9.72. The molecule has 2 aliphatic heterocycles. The fourth-order valence-electron chi connectivity index (χ4n) is 7.66. The highest BCUT2D eigenvalue weighted by Gasteiger charge is 2.73. The van der Waals surface area contributed by atoms with Crippen molar-refractivity contribution in [2.24, 2.45) is 17.3 Å². The molecule has 4 aromatic heterocycles. The second kappa shape index (κ2) is 10.6. The Morgan fingerprint density at radius 3 is 2.68 bits per heavy atom. The zero-order valence-electron chi connectivity index (χ0n) is 24.9. The van der Waals surface area contributed by atoms with E-state index in [1.165, 1.54) is 24.3 Å². The summed E-state index contributed by atoms with van der Waals surface area (Å²) in [6.07, 6.45) is -1.04. The molecule has 20 nitrogen and oxygen atoms in total. The van der Waals surface area contributed by atoms with Gasteiger partial charge in [-0.3, -0.25) is 32.4 Å². The van der Waals surface area contributed by atoms with E-state index in [0.29, 0.717) is 23.3 Å². The molecule has 2 saturated carbocycles. The molecular formula is C25H31N9O11P2. The van der Waals surface area contributed by atoms with Crippen molar-refractivity contribution >= 4 is 49.6 Å². The van der Waals surface area contributed by atoms with Crippen molar-refractivity contribution in [1.29, 1.82) is 0 Å². The van der Waals surface area contributed by atoms with E-state index in [1.807, 2.05) is 17.7 Å². The zero-order valence-corrected chi connectivity index (χ0v) is 26.6. The predicted octanol–water partition coefficient (Wildman–Crippen LogP) is 0.856. The second-order valence-corrected chi connectivity index (χ2v) is 15.1. The van der Waals surface area contributed by atoms with Gasteiger partial charge in [-0.15, -0.1) is 0 Å². The lowest BCUT2D eigenvalue weighted by Gasteiger charge is -2.31. The van der Waals surface area contributed by atoms with Crippen LogP contribution in [-0.2, 0) is 36.7 Å². The Balaban J connectivity index is 1.15. The van der Waals surface area contributed by atoms with Crippen LogP contribution in [0.4, 0.5) is 11.8 Å². The monoisotopic (exact) mass is 695 g/mol. The molecule has 11 atom stereocenters. The number of phosphoric ester groups is 2. The Labute approximate surface area is 264 Å². The number of nitrogens with two attached hydrogens (primary N) is 2. The largest absolute Gasteiger partial charge is 0.472 e. The summed E-state index contributed by atoms with van der Waals surface area (Å²) < 4.78 is 64.8. The van der Waals surface area contributed by atoms with Crippen LogP contribution in [0.15, 0.2) is 29.7 Å². The minimum absolute atomic E-state index is 0.00894. The number of rotatable bonds is 3. The van der Waals surface area contributed by atoms with Gasteiger partial charge in [0, 0.05) is 30.7 Å². The van der Waals surface area contributed by atoms with Gasteiger partial charge in [-0.2, -0.15) is 4.98 Å². The van der Waals surface area contributed by atoms with Crippen LogP contribution in [-0.4, -0.2) is 88.6 Å². The molecule has 1 spiro atoms. The van der Waals surface area contributed by atoms with Crippen LogP contribution in [0, 0.1) is 17.3 Å². The standard InChI is InChI=1S/C25H31N9O11P2/c1-10-15(33-4-3-11-19(26)28-8-29-20(11)33)12-5-25(12)7-42-47(38,39)44-17-16(40-2)13(6-41-46(36,37)45-18(10)25)43-23(17)34-9-30-14-21(34)31-24(27)32-22(14)35/h3-4,8-10,12-13,15-18,23H,5-7H2,1-2H3,(H,36,37)(H,38,39)(H2,26,28,29)(H3,27,31,32,35)/t10-,12+,13+,15-,16+,17+,18-,23+,25?/m0/s1. The first-order chi connectivity index (χ1) is 22.3. The lowest BCUT2D eigenvalue weighted by Crippen LogP contribution is -2.37. The summed E-state index contributed by atoms with van der Waals surface area (Å²) >= 11 is 0. The van der Waals surface area contributed by atoms with Crippen LogP contribution in [0.25, 0.3) is 22.2 Å². The number of ether oxygens (including phenoxy) is 2. The van der Waals surface area contributed by atoms with Crippen LogP contribution in [0.2, 0.25) is 0 Å². The molecule has 0 amide bonds. The first kappa shape index (κ1) is 31.0. The Bertz CT molecular complexity index is 2050. The van der Waals surface area contributed by atoms with Gasteiger partial charge < -0.3 is 35.3 Å². The van der Waals surface area contributed by atoms with Crippen LogP contribution < -0.4 is 17.0 Å². The molecule has 252 valence electrons. The lowest BCUT2D eigenvalue weighted by molar-refractivity contribution is -0.0610. The van der Waals surface area contributed by atoms with Crippen molar-refractivity contribution < 1.29 is 46.5 Å². The number of aromatic amines is 1. The van der Waals surface area contributed by atoms with Gasteiger partial charge in [0.1, 0.15) is 36.1 Å². The maximum absolute atomic E-state index is 13.6. The summed E-state index contributed by atoms with van der Waals surface area (Å²) in [7, 11) is -8.37. The summed E-state index contributed by atoms with van der Waals surface area (Å²) in [5.41, 5.74) is 10.7. The van der Waals surface area contributed by atoms with Crippen LogP contribution in [0.5, 0.6) is 0 Å². The number of nitrogens with one attached hydrogen (secondary N) is 1. The number of fused-ring (bicyclic) bond motifs is 4. The number of H-pyrrole nitrogens is 1. The molecule has 3 unspecified atom stereocenters. The summed E-state index contributed by atoms with van der Waals surface area (Å²) in [5, 5.41) is 0.643. The average molecular weight is 696 g/mol. The summed E-state index contributed by atoms with van der Waals surface area (Å²) in [6.45, 7) is 0.958. The van der Waals surface area contributed by atoms with Gasteiger partial charge in [0.05, 0.1) is 31.0 Å². The number of imidazole rings is 1. The molecule has 47 heavy (non-hydrogen) atoms. The molecule has 4 aromatic rings. The van der Waals surface area contributed by atoms with Gasteiger partial charge >= 0.3 is 15.6 Å². The molecule has 2 aliphatic carbocycles. The highest BCUT2D eigenvalue weighted by molar-refractivity contribution is 7.47. The number of aromatic nitrogens is 7. The number of hydrogen-bond acceptors (Lipinski definition) is 15. The van der Waals surface area contributed by atoms with E-state index in [9.17, 15) is 23.7 Å². The van der Waals surface area contributed by atoms with Crippen LogP contribution >= 0.6 is 15.6 Å². The van der Waals surface area contributed by atoms with Gasteiger partial charge in [-0.1, -0.05) is 6.92 Å². The molecular weight excluding hydrogens is 664 g/mol. The SMILES string of the molecule is CO[C@H]1[C@H]2OP(=O)(O)OCC34C[C@@H]3[C@@H](n3ccc5c(N)ncnc53)[C@H](C)[C@@H]4OP(=O)(O)OC[C@H]1O[C@H]2n1cnc2c(=O)[nH]c(N)nc21. The minimum Gasteiger partial charge on any atom is -0.383 e. The molecule has 2 bridgehead atoms. The van der Waals surface area contributed by atoms with Crippen molar-refractivity contribution in [3.8, 4) is 0 Å². The average Bonchev–Trinajstić information content (AvgIpc) is 3.30. The Morgan fingerprint density at radius 2 is 1.89 bits per heavy atom. The number of hydrogen-bond donors (Lipinski definition) is 5. The third kappa shape index (κ3) is 4.86. The second-order valence-electron chi connectivity index (χ2n) is 12.3. The van der Waals surface area contributed by atoms with Gasteiger partial charge in [0.25, 0.3) is 5.56 Å². The fraction of sp³-hybridized carbons (Fsp3) is 0.560. The first-order valence-electron chi connectivity index (χ1n) is 14.6. The van der Waals surface area contributed by atoms with E-state index in [0.717, 1.165) is 0 Å². The van der Waals surface area contributed by atoms with Crippen molar-refractivity contribution in [2.45, 2.75) is 50.0 Å². The van der Waals surface area contributed by atoms with E-state index < -0.39 is 69.8 Å². The number of methoxy groups -OCH3 is 1. The van der Waals surface area contributed by atoms with E-state index in [2.05, 4.69) is 24.9 Å². The van der Waals surface area contributed by atoms with Crippen molar-refractivity contribution in [2.75, 3.05) is 31.8 Å². The van der Waals surface area contributed by atoms with Gasteiger partial charge in [0.2, 0.25) is 5.95 Å². The molecule has 2 saturated heterocycles. The maximum atomic E-state index is 13.6. The van der Waals surface area contributed by atoms with Gasteiger partial charge in [-0.25, -0.2) is 24.1 Å². The normalized spacial score (nSPS) is 40.4. The quantitative estimate of drug-likeness (QED) is 0.186. The summed E-state index contributed by atoms with van der Waals surface area (Å²) in [5.74, 6) is -0.511. The highest BCUT2D eigenvalue weighted by Crippen LogP contribution is 2.73. The number of nitrogens with zero attached hydrogens (tertiary/aromatic N) is 6. The number of anilines is 2. The smallest absolute Gasteiger partial charge is 0.383 e. The van der Waals surface area contributed by atoms with E-state index in [4.69, 9.17) is 39.0 Å².